The molecule has 0 heterocycles. The summed E-state index contributed by atoms with van der Waals surface area (Å²) >= 11 is 0. The third-order valence-corrected chi connectivity index (χ3v) is 1.93. The Morgan fingerprint density at radius 3 is 2.18 bits per heavy atom. The second-order valence-corrected chi connectivity index (χ2v) is 3.69. The van der Waals surface area contributed by atoms with Gasteiger partial charge in [0.05, 0.1) is 0 Å². The van der Waals surface area contributed by atoms with Crippen LogP contribution in [-0.2, 0) is 4.79 Å². The molecule has 0 aromatic rings. The number of nitrogens with zero attached hydrogens (tertiary/aromatic N) is 1. The molecule has 0 aromatic heterocycles. The average Bonchev–Trinajstić information content (AvgIpc) is 1.86. The average molecular weight is 154 g/mol. The predicted octanol–water partition coefficient (Wildman–Crippen LogP) is 1.13. The Bertz CT molecular complexity index is 143. The van der Waals surface area contributed by atoms with Crippen molar-refractivity contribution in [2.24, 2.45) is 5.41 Å². The zero-order valence-electron chi connectivity index (χ0n) is 8.14. The van der Waals surface area contributed by atoms with E-state index in [1.165, 1.54) is 0 Å². The van der Waals surface area contributed by atoms with Crippen LogP contribution in [0.15, 0.2) is 0 Å². The van der Waals surface area contributed by atoms with E-state index < -0.39 is 0 Å². The maximum Gasteiger partial charge on any atom is 0.298 e. The van der Waals surface area contributed by atoms with Gasteiger partial charge in [0.15, 0.2) is 0 Å². The summed E-state index contributed by atoms with van der Waals surface area (Å²) in [7, 11) is 5.37. The zero-order chi connectivity index (χ0) is 9.07. The second kappa shape index (κ2) is 3.91. The Morgan fingerprint density at radius 1 is 1.45 bits per heavy atom. The van der Waals surface area contributed by atoms with E-state index in [1.54, 1.807) is 12.2 Å². The van der Waals surface area contributed by atoms with Gasteiger partial charge in [-0.2, -0.15) is 0 Å². The van der Waals surface area contributed by atoms with Crippen molar-refractivity contribution in [1.29, 1.82) is 0 Å². The first kappa shape index (κ1) is 10.7. The summed E-state index contributed by atoms with van der Waals surface area (Å²) in [5, 5.41) is 0. The Balaban J connectivity index is 4.02. The van der Waals surface area contributed by atoms with E-state index in [0.717, 1.165) is 6.42 Å². The molecular formula is C8H17BNO. The summed E-state index contributed by atoms with van der Waals surface area (Å²) in [6.07, 6.45) is 0.885. The highest BCUT2D eigenvalue weighted by Gasteiger charge is 2.25. The van der Waals surface area contributed by atoms with Gasteiger partial charge >= 0.3 is 0 Å². The lowest BCUT2D eigenvalue weighted by Crippen LogP contribution is -2.36. The number of carbonyl (C=O) groups excluding carboxylic acids is 1. The third kappa shape index (κ3) is 3.56. The third-order valence-electron chi connectivity index (χ3n) is 1.93. The molecule has 0 aliphatic rings. The molecule has 0 N–H and O–H groups in total. The molecule has 11 heavy (non-hydrogen) atoms. The van der Waals surface area contributed by atoms with Crippen molar-refractivity contribution in [1.82, 2.24) is 4.81 Å². The van der Waals surface area contributed by atoms with E-state index in [2.05, 4.69) is 0 Å². The molecule has 2 nitrogen and oxygen atoms in total. The van der Waals surface area contributed by atoms with Gasteiger partial charge in [-0.05, 0) is 20.5 Å². The van der Waals surface area contributed by atoms with Gasteiger partial charge in [0.25, 0.3) is 7.41 Å². The van der Waals surface area contributed by atoms with Crippen LogP contribution in [0.1, 0.15) is 27.2 Å². The van der Waals surface area contributed by atoms with E-state index in [-0.39, 0.29) is 11.1 Å². The normalized spacial score (nSPS) is 11.8. The molecular weight excluding hydrogens is 137 g/mol. The fraction of sp³-hybridized carbons (Fsp3) is 0.875. The molecule has 0 rings (SSSR count). The van der Waals surface area contributed by atoms with Gasteiger partial charge in [0.1, 0.15) is 5.68 Å². The smallest absolute Gasteiger partial charge is 0.298 e. The second-order valence-electron chi connectivity index (χ2n) is 3.69. The van der Waals surface area contributed by atoms with Crippen LogP contribution in [0, 0.1) is 5.41 Å². The van der Waals surface area contributed by atoms with Crippen molar-refractivity contribution < 1.29 is 4.79 Å². The van der Waals surface area contributed by atoms with Crippen molar-refractivity contribution in [3.8, 4) is 0 Å². The Morgan fingerprint density at radius 2 is 1.91 bits per heavy atom. The van der Waals surface area contributed by atoms with Crippen molar-refractivity contribution >= 4 is 13.1 Å². The maximum atomic E-state index is 11.4. The van der Waals surface area contributed by atoms with E-state index in [9.17, 15) is 4.79 Å². The molecule has 0 aliphatic carbocycles. The summed E-state index contributed by atoms with van der Waals surface area (Å²) in [6, 6.07) is 0. The first-order valence-corrected chi connectivity index (χ1v) is 3.96. The minimum atomic E-state index is -0.204. The standard InChI is InChI=1S/C8H17BNO/c1-6-8(2,3)7(11)9-10(4)5/h6H2,1-5H3. The molecule has 63 valence electrons. The van der Waals surface area contributed by atoms with Crippen LogP contribution in [0.5, 0.6) is 0 Å². The molecule has 0 fully saturated rings. The Hall–Kier alpha value is -0.305. The maximum absolute atomic E-state index is 11.4. The summed E-state index contributed by atoms with van der Waals surface area (Å²) in [6.45, 7) is 5.96. The Labute approximate surface area is 70.2 Å². The van der Waals surface area contributed by atoms with Gasteiger partial charge in [-0.1, -0.05) is 20.8 Å². The number of rotatable bonds is 4. The molecule has 0 bridgehead atoms. The zero-order valence-corrected chi connectivity index (χ0v) is 8.14. The number of hydrogen-bond donors (Lipinski definition) is 0. The van der Waals surface area contributed by atoms with Crippen LogP contribution in [-0.4, -0.2) is 32.0 Å². The van der Waals surface area contributed by atoms with Gasteiger partial charge in [-0.3, -0.25) is 0 Å². The van der Waals surface area contributed by atoms with Crippen LogP contribution in [0.25, 0.3) is 0 Å². The molecule has 1 radical (unpaired) electrons. The lowest BCUT2D eigenvalue weighted by atomic mass is 9.68. The van der Waals surface area contributed by atoms with Gasteiger partial charge < -0.3 is 9.61 Å². The van der Waals surface area contributed by atoms with E-state index in [1.807, 2.05) is 34.9 Å². The monoisotopic (exact) mass is 154 g/mol. The fourth-order valence-corrected chi connectivity index (χ4v) is 0.583. The molecule has 0 atom stereocenters. The van der Waals surface area contributed by atoms with Crippen molar-refractivity contribution in [2.75, 3.05) is 14.1 Å². The van der Waals surface area contributed by atoms with E-state index in [4.69, 9.17) is 0 Å². The van der Waals surface area contributed by atoms with Crippen LogP contribution in [0.4, 0.5) is 0 Å². The van der Waals surface area contributed by atoms with Gasteiger partial charge in [0, 0.05) is 5.41 Å². The van der Waals surface area contributed by atoms with Gasteiger partial charge in [0.2, 0.25) is 0 Å². The van der Waals surface area contributed by atoms with Crippen molar-refractivity contribution in [2.45, 2.75) is 27.2 Å². The first-order chi connectivity index (χ1) is 4.90. The molecule has 0 amide bonds. The molecule has 0 aliphatic heterocycles. The lowest BCUT2D eigenvalue weighted by Gasteiger charge is -2.22. The highest BCUT2D eigenvalue weighted by molar-refractivity contribution is 6.72. The topological polar surface area (TPSA) is 20.3 Å². The molecule has 0 spiro atoms. The summed E-state index contributed by atoms with van der Waals surface area (Å²) in [4.78, 5) is 13.2. The molecule has 0 aromatic carbocycles. The van der Waals surface area contributed by atoms with Crippen molar-refractivity contribution in [3.05, 3.63) is 0 Å². The minimum absolute atomic E-state index is 0.199. The summed E-state index contributed by atoms with van der Waals surface area (Å²) in [5.41, 5.74) is -0.00502. The Kier molecular flexibility index (Phi) is 3.80. The first-order valence-electron chi connectivity index (χ1n) is 3.96. The highest BCUT2D eigenvalue weighted by atomic mass is 16.1. The van der Waals surface area contributed by atoms with Crippen LogP contribution in [0.2, 0.25) is 0 Å². The summed E-state index contributed by atoms with van der Waals surface area (Å²) in [5.74, 6) is 0. The van der Waals surface area contributed by atoms with Crippen molar-refractivity contribution in [3.63, 3.8) is 0 Å². The quantitative estimate of drug-likeness (QED) is 0.565. The van der Waals surface area contributed by atoms with Gasteiger partial charge in [-0.15, -0.1) is 0 Å². The molecule has 0 saturated carbocycles. The van der Waals surface area contributed by atoms with E-state index >= 15 is 0 Å². The molecule has 0 saturated heterocycles. The fourth-order valence-electron chi connectivity index (χ4n) is 0.583. The molecule has 3 heteroatoms. The minimum Gasteiger partial charge on any atom is -0.345 e. The van der Waals surface area contributed by atoms with Crippen LogP contribution >= 0.6 is 0 Å². The largest absolute Gasteiger partial charge is 0.345 e. The number of hydrogen-bond acceptors (Lipinski definition) is 2. The lowest BCUT2D eigenvalue weighted by molar-refractivity contribution is -0.119. The van der Waals surface area contributed by atoms with Crippen LogP contribution in [0.3, 0.4) is 0 Å². The van der Waals surface area contributed by atoms with Crippen LogP contribution < -0.4 is 0 Å². The SMILES string of the molecule is CCC(C)(C)C(=O)[B]N(C)C. The molecule has 0 unspecified atom stereocenters. The number of carbonyl (C=O) groups is 1. The van der Waals surface area contributed by atoms with E-state index in [0.29, 0.717) is 0 Å². The highest BCUT2D eigenvalue weighted by Crippen LogP contribution is 2.19. The van der Waals surface area contributed by atoms with Gasteiger partial charge in [-0.25, -0.2) is 0 Å². The summed E-state index contributed by atoms with van der Waals surface area (Å²) < 4.78 is 0. The predicted molar refractivity (Wildman–Crippen MR) is 48.5 cm³/mol.